The normalized spacial score (nSPS) is 24.6. The van der Waals surface area contributed by atoms with Gasteiger partial charge in [0.15, 0.2) is 0 Å². The highest BCUT2D eigenvalue weighted by atomic mass is 15.2. The third-order valence-corrected chi connectivity index (χ3v) is 4.78. The van der Waals surface area contributed by atoms with Crippen LogP contribution < -0.4 is 10.2 Å². The lowest BCUT2D eigenvalue weighted by Gasteiger charge is -2.30. The Hall–Kier alpha value is -1.16. The smallest absolute Gasteiger partial charge is 0.131 e. The lowest BCUT2D eigenvalue weighted by molar-refractivity contribution is 0.543. The fraction of sp³-hybridized carbons (Fsp3) is 0.765. The van der Waals surface area contributed by atoms with Crippen molar-refractivity contribution in [2.75, 3.05) is 11.4 Å². The van der Waals surface area contributed by atoms with Gasteiger partial charge in [0.25, 0.3) is 0 Å². The van der Waals surface area contributed by atoms with E-state index in [1.165, 1.54) is 37.2 Å². The molecule has 0 spiro atoms. The Kier molecular flexibility index (Phi) is 4.16. The molecule has 1 aliphatic heterocycles. The van der Waals surface area contributed by atoms with Crippen LogP contribution in [0.5, 0.6) is 0 Å². The fourth-order valence-corrected chi connectivity index (χ4v) is 3.59. The SMILES string of the molecule is CC(C)NCc1nc(C(C)C)ncc1N1CC2CCC1C2. The zero-order valence-electron chi connectivity index (χ0n) is 13.8. The van der Waals surface area contributed by atoms with E-state index in [0.29, 0.717) is 12.0 Å². The molecule has 4 nitrogen and oxygen atoms in total. The van der Waals surface area contributed by atoms with Crippen LogP contribution in [0, 0.1) is 5.92 Å². The monoisotopic (exact) mass is 288 g/mol. The molecule has 1 aromatic heterocycles. The van der Waals surface area contributed by atoms with Crippen molar-refractivity contribution in [3.8, 4) is 0 Å². The highest BCUT2D eigenvalue weighted by Crippen LogP contribution is 2.40. The van der Waals surface area contributed by atoms with Crippen molar-refractivity contribution < 1.29 is 0 Å². The first-order valence-electron chi connectivity index (χ1n) is 8.40. The second-order valence-corrected chi connectivity index (χ2v) is 7.24. The van der Waals surface area contributed by atoms with Crippen molar-refractivity contribution in [2.45, 2.75) is 71.5 Å². The molecule has 0 radical (unpaired) electrons. The van der Waals surface area contributed by atoms with Crippen LogP contribution in [-0.2, 0) is 6.54 Å². The summed E-state index contributed by atoms with van der Waals surface area (Å²) in [6.07, 6.45) is 6.18. The van der Waals surface area contributed by atoms with Crippen molar-refractivity contribution >= 4 is 5.69 Å². The summed E-state index contributed by atoms with van der Waals surface area (Å²) >= 11 is 0. The average Bonchev–Trinajstić information content (AvgIpc) is 3.07. The van der Waals surface area contributed by atoms with Crippen molar-refractivity contribution in [1.82, 2.24) is 15.3 Å². The van der Waals surface area contributed by atoms with E-state index in [0.717, 1.165) is 24.3 Å². The minimum absolute atomic E-state index is 0.381. The van der Waals surface area contributed by atoms with E-state index in [4.69, 9.17) is 4.98 Å². The van der Waals surface area contributed by atoms with E-state index in [1.807, 2.05) is 0 Å². The molecule has 1 aromatic rings. The van der Waals surface area contributed by atoms with Crippen LogP contribution in [0.2, 0.25) is 0 Å². The minimum Gasteiger partial charge on any atom is -0.365 e. The quantitative estimate of drug-likeness (QED) is 0.904. The topological polar surface area (TPSA) is 41.1 Å². The Bertz CT molecular complexity index is 498. The molecule has 116 valence electrons. The van der Waals surface area contributed by atoms with Crippen LogP contribution in [0.4, 0.5) is 5.69 Å². The molecule has 1 saturated heterocycles. The summed E-state index contributed by atoms with van der Waals surface area (Å²) in [5.74, 6) is 2.24. The lowest BCUT2D eigenvalue weighted by atomic mass is 10.1. The number of aromatic nitrogens is 2. The number of hydrogen-bond acceptors (Lipinski definition) is 4. The van der Waals surface area contributed by atoms with Crippen LogP contribution in [0.25, 0.3) is 0 Å². The van der Waals surface area contributed by atoms with Gasteiger partial charge in [-0.3, -0.25) is 0 Å². The number of nitrogens with zero attached hydrogens (tertiary/aromatic N) is 3. The zero-order valence-corrected chi connectivity index (χ0v) is 13.8. The Labute approximate surface area is 128 Å². The summed E-state index contributed by atoms with van der Waals surface area (Å²) in [6.45, 7) is 10.7. The van der Waals surface area contributed by atoms with Crippen molar-refractivity contribution in [1.29, 1.82) is 0 Å². The Morgan fingerprint density at radius 2 is 2.10 bits per heavy atom. The van der Waals surface area contributed by atoms with Gasteiger partial charge in [-0.25, -0.2) is 9.97 Å². The van der Waals surface area contributed by atoms with E-state index in [1.54, 1.807) is 0 Å². The van der Waals surface area contributed by atoms with Gasteiger partial charge in [-0.05, 0) is 25.2 Å². The molecule has 4 heteroatoms. The number of hydrogen-bond donors (Lipinski definition) is 1. The van der Waals surface area contributed by atoms with Gasteiger partial charge in [0, 0.05) is 31.1 Å². The predicted octanol–water partition coefficient (Wildman–Crippen LogP) is 3.09. The van der Waals surface area contributed by atoms with Gasteiger partial charge in [0.2, 0.25) is 0 Å². The highest BCUT2D eigenvalue weighted by Gasteiger charge is 2.38. The van der Waals surface area contributed by atoms with E-state index < -0.39 is 0 Å². The molecule has 2 unspecified atom stereocenters. The summed E-state index contributed by atoms with van der Waals surface area (Å²) < 4.78 is 0. The van der Waals surface area contributed by atoms with E-state index in [9.17, 15) is 0 Å². The third kappa shape index (κ3) is 3.05. The summed E-state index contributed by atoms with van der Waals surface area (Å²) in [4.78, 5) is 12.0. The Morgan fingerprint density at radius 1 is 1.29 bits per heavy atom. The summed E-state index contributed by atoms with van der Waals surface area (Å²) in [5, 5.41) is 3.52. The number of nitrogens with one attached hydrogen (secondary N) is 1. The van der Waals surface area contributed by atoms with Crippen LogP contribution in [0.3, 0.4) is 0 Å². The summed E-state index contributed by atoms with van der Waals surface area (Å²) in [7, 11) is 0. The molecule has 3 rings (SSSR count). The molecule has 2 heterocycles. The maximum absolute atomic E-state index is 4.86. The molecule has 1 N–H and O–H groups in total. The maximum atomic E-state index is 4.86. The van der Waals surface area contributed by atoms with Gasteiger partial charge in [-0.1, -0.05) is 27.7 Å². The first-order chi connectivity index (χ1) is 10.0. The second-order valence-electron chi connectivity index (χ2n) is 7.24. The van der Waals surface area contributed by atoms with Crippen LogP contribution >= 0.6 is 0 Å². The van der Waals surface area contributed by atoms with Gasteiger partial charge in [-0.15, -0.1) is 0 Å². The molecule has 0 aromatic carbocycles. The zero-order chi connectivity index (χ0) is 15.0. The third-order valence-electron chi connectivity index (χ3n) is 4.78. The van der Waals surface area contributed by atoms with Crippen molar-refractivity contribution in [2.24, 2.45) is 5.92 Å². The van der Waals surface area contributed by atoms with Crippen molar-refractivity contribution in [3.05, 3.63) is 17.7 Å². The van der Waals surface area contributed by atoms with Gasteiger partial charge >= 0.3 is 0 Å². The first-order valence-corrected chi connectivity index (χ1v) is 8.40. The molecule has 2 atom stereocenters. The Balaban J connectivity index is 1.87. The molecule has 0 amide bonds. The largest absolute Gasteiger partial charge is 0.365 e. The number of anilines is 1. The molecule has 21 heavy (non-hydrogen) atoms. The highest BCUT2D eigenvalue weighted by molar-refractivity contribution is 5.52. The second kappa shape index (κ2) is 5.91. The molecule has 2 aliphatic rings. The lowest BCUT2D eigenvalue weighted by Crippen LogP contribution is -2.34. The van der Waals surface area contributed by atoms with Crippen LogP contribution in [0.1, 0.15) is 64.4 Å². The standard InChI is InChI=1S/C17H28N4/c1-11(2)17-19-9-16(15(20-17)8-18-12(3)4)21-10-13-5-6-14(21)7-13/h9,11-14,18H,5-8,10H2,1-4H3. The van der Waals surface area contributed by atoms with Crippen molar-refractivity contribution in [3.63, 3.8) is 0 Å². The molecule has 2 fully saturated rings. The average molecular weight is 288 g/mol. The van der Waals surface area contributed by atoms with Gasteiger partial charge in [0.05, 0.1) is 17.6 Å². The Morgan fingerprint density at radius 3 is 2.67 bits per heavy atom. The number of rotatable bonds is 5. The van der Waals surface area contributed by atoms with Gasteiger partial charge < -0.3 is 10.2 Å². The summed E-state index contributed by atoms with van der Waals surface area (Å²) in [5.41, 5.74) is 2.44. The predicted molar refractivity (Wildman–Crippen MR) is 86.6 cm³/mol. The van der Waals surface area contributed by atoms with E-state index in [-0.39, 0.29) is 0 Å². The van der Waals surface area contributed by atoms with Crippen LogP contribution in [0.15, 0.2) is 6.20 Å². The van der Waals surface area contributed by atoms with Crippen LogP contribution in [-0.4, -0.2) is 28.6 Å². The number of piperidine rings is 1. The number of fused-ring (bicyclic) bond motifs is 2. The van der Waals surface area contributed by atoms with E-state index >= 15 is 0 Å². The minimum atomic E-state index is 0.381. The molecule has 2 bridgehead atoms. The summed E-state index contributed by atoms with van der Waals surface area (Å²) in [6, 6.07) is 1.20. The van der Waals surface area contributed by atoms with E-state index in [2.05, 4.69) is 49.1 Å². The molecular formula is C17H28N4. The molecule has 1 saturated carbocycles. The maximum Gasteiger partial charge on any atom is 0.131 e. The molecular weight excluding hydrogens is 260 g/mol. The first kappa shape index (κ1) is 14.8. The fourth-order valence-electron chi connectivity index (χ4n) is 3.59. The molecule has 1 aliphatic carbocycles. The van der Waals surface area contributed by atoms with Gasteiger partial charge in [-0.2, -0.15) is 0 Å². The van der Waals surface area contributed by atoms with Gasteiger partial charge in [0.1, 0.15) is 5.82 Å².